The molecule has 0 saturated heterocycles. The van der Waals surface area contributed by atoms with E-state index in [-0.39, 0.29) is 5.75 Å². The van der Waals surface area contributed by atoms with Gasteiger partial charge in [-0.25, -0.2) is 0 Å². The molecule has 0 aromatic heterocycles. The summed E-state index contributed by atoms with van der Waals surface area (Å²) in [5.41, 5.74) is 0.321. The van der Waals surface area contributed by atoms with Crippen molar-refractivity contribution < 1.29 is 27.1 Å². The van der Waals surface area contributed by atoms with Crippen molar-refractivity contribution >= 4 is 0 Å². The highest BCUT2D eigenvalue weighted by atomic mass is 19.4. The lowest BCUT2D eigenvalue weighted by Crippen LogP contribution is -2.36. The van der Waals surface area contributed by atoms with Crippen LogP contribution in [-0.4, -0.2) is 17.2 Å². The van der Waals surface area contributed by atoms with Crippen LogP contribution in [0, 0.1) is 0 Å². The summed E-state index contributed by atoms with van der Waals surface area (Å²) in [6, 6.07) is 5.09. The second-order valence-corrected chi connectivity index (χ2v) is 3.37. The van der Waals surface area contributed by atoms with Gasteiger partial charge in [0.05, 0.1) is 0 Å². The lowest BCUT2D eigenvalue weighted by molar-refractivity contribution is -0.284. The number of phenols is 1. The number of hydrogen-bond acceptors (Lipinski definition) is 1. The van der Waals surface area contributed by atoms with Gasteiger partial charge in [-0.2, -0.15) is 22.0 Å². The van der Waals surface area contributed by atoms with Crippen molar-refractivity contribution in [2.45, 2.75) is 24.9 Å². The lowest BCUT2D eigenvalue weighted by Gasteiger charge is -2.19. The first-order chi connectivity index (χ1) is 7.22. The van der Waals surface area contributed by atoms with Crippen LogP contribution in [0.5, 0.6) is 5.75 Å². The van der Waals surface area contributed by atoms with Gasteiger partial charge in [0, 0.05) is 6.42 Å². The fourth-order valence-electron chi connectivity index (χ4n) is 1.11. The van der Waals surface area contributed by atoms with Crippen LogP contribution in [0.1, 0.15) is 12.0 Å². The topological polar surface area (TPSA) is 20.2 Å². The van der Waals surface area contributed by atoms with E-state index >= 15 is 0 Å². The highest BCUT2D eigenvalue weighted by Crippen LogP contribution is 2.38. The number of benzene rings is 1. The molecule has 0 aliphatic carbocycles. The fraction of sp³-hybridized carbons (Fsp3) is 0.400. The lowest BCUT2D eigenvalue weighted by atomic mass is 10.1. The van der Waals surface area contributed by atoms with Crippen molar-refractivity contribution in [1.29, 1.82) is 0 Å². The third-order valence-corrected chi connectivity index (χ3v) is 2.08. The van der Waals surface area contributed by atoms with Gasteiger partial charge in [-0.3, -0.25) is 0 Å². The van der Waals surface area contributed by atoms with Crippen LogP contribution in [0.2, 0.25) is 0 Å². The molecule has 0 amide bonds. The molecule has 1 N–H and O–H groups in total. The van der Waals surface area contributed by atoms with E-state index in [9.17, 15) is 22.0 Å². The second-order valence-electron chi connectivity index (χ2n) is 3.37. The Morgan fingerprint density at radius 3 is 1.88 bits per heavy atom. The fourth-order valence-corrected chi connectivity index (χ4v) is 1.11. The van der Waals surface area contributed by atoms with Gasteiger partial charge in [-0.15, -0.1) is 0 Å². The monoisotopic (exact) mass is 240 g/mol. The summed E-state index contributed by atoms with van der Waals surface area (Å²) in [6.07, 6.45) is -7.20. The first kappa shape index (κ1) is 12.7. The van der Waals surface area contributed by atoms with E-state index in [0.29, 0.717) is 5.56 Å². The van der Waals surface area contributed by atoms with Gasteiger partial charge in [0.15, 0.2) is 0 Å². The van der Waals surface area contributed by atoms with Gasteiger partial charge in [0.2, 0.25) is 0 Å². The second kappa shape index (κ2) is 4.27. The summed E-state index contributed by atoms with van der Waals surface area (Å²) < 4.78 is 60.5. The third kappa shape index (κ3) is 3.08. The summed E-state index contributed by atoms with van der Waals surface area (Å²) in [5.74, 6) is -4.74. The molecule has 0 heterocycles. The van der Waals surface area contributed by atoms with Crippen molar-refractivity contribution in [2.24, 2.45) is 0 Å². The van der Waals surface area contributed by atoms with Crippen LogP contribution in [-0.2, 0) is 6.42 Å². The van der Waals surface area contributed by atoms with Crippen molar-refractivity contribution in [1.82, 2.24) is 0 Å². The Morgan fingerprint density at radius 1 is 0.938 bits per heavy atom. The Morgan fingerprint density at radius 2 is 1.44 bits per heavy atom. The SMILES string of the molecule is Oc1ccc(CCC(F)(F)C(F)(F)F)cc1. The third-order valence-electron chi connectivity index (χ3n) is 2.08. The van der Waals surface area contributed by atoms with E-state index in [0.717, 1.165) is 0 Å². The van der Waals surface area contributed by atoms with Gasteiger partial charge in [-0.1, -0.05) is 12.1 Å². The molecular formula is C10H9F5O. The maximum Gasteiger partial charge on any atom is 0.453 e. The Bertz CT molecular complexity index is 341. The minimum Gasteiger partial charge on any atom is -0.508 e. The highest BCUT2D eigenvalue weighted by Gasteiger charge is 2.56. The molecule has 90 valence electrons. The first-order valence-electron chi connectivity index (χ1n) is 4.45. The zero-order valence-electron chi connectivity index (χ0n) is 8.06. The predicted octanol–water partition coefficient (Wildman–Crippen LogP) is 3.52. The molecule has 0 spiro atoms. The van der Waals surface area contributed by atoms with Crippen LogP contribution in [0.4, 0.5) is 22.0 Å². The Hall–Kier alpha value is -1.33. The number of alkyl halides is 5. The molecule has 0 atom stereocenters. The first-order valence-corrected chi connectivity index (χ1v) is 4.45. The van der Waals surface area contributed by atoms with Crippen LogP contribution < -0.4 is 0 Å². The normalized spacial score (nSPS) is 12.8. The van der Waals surface area contributed by atoms with Gasteiger partial charge in [-0.05, 0) is 24.1 Å². The van der Waals surface area contributed by atoms with Crippen LogP contribution >= 0.6 is 0 Å². The van der Waals surface area contributed by atoms with Gasteiger partial charge >= 0.3 is 12.1 Å². The summed E-state index contributed by atoms with van der Waals surface area (Å²) in [5, 5.41) is 8.89. The molecule has 0 saturated carbocycles. The number of aryl methyl sites for hydroxylation is 1. The zero-order valence-corrected chi connectivity index (χ0v) is 8.06. The van der Waals surface area contributed by atoms with Crippen LogP contribution in [0.25, 0.3) is 0 Å². The number of aromatic hydroxyl groups is 1. The Labute approximate surface area is 88.5 Å². The summed E-state index contributed by atoms with van der Waals surface area (Å²) in [7, 11) is 0. The maximum absolute atomic E-state index is 12.5. The highest BCUT2D eigenvalue weighted by molar-refractivity contribution is 5.26. The molecule has 0 radical (unpaired) electrons. The van der Waals surface area contributed by atoms with Crippen molar-refractivity contribution in [3.63, 3.8) is 0 Å². The van der Waals surface area contributed by atoms with Crippen LogP contribution in [0.15, 0.2) is 24.3 Å². The molecule has 0 aliphatic heterocycles. The predicted molar refractivity (Wildman–Crippen MR) is 47.4 cm³/mol. The van der Waals surface area contributed by atoms with E-state index in [1.54, 1.807) is 0 Å². The minimum atomic E-state index is -5.51. The quantitative estimate of drug-likeness (QED) is 0.801. The number of phenolic OH excluding ortho intramolecular Hbond substituents is 1. The molecular weight excluding hydrogens is 231 g/mol. The molecule has 0 unspecified atom stereocenters. The molecule has 0 aliphatic rings. The largest absolute Gasteiger partial charge is 0.508 e. The van der Waals surface area contributed by atoms with Gasteiger partial charge < -0.3 is 5.11 Å². The molecule has 1 rings (SSSR count). The summed E-state index contributed by atoms with van der Waals surface area (Å²) in [6.45, 7) is 0. The van der Waals surface area contributed by atoms with E-state index < -0.39 is 24.9 Å². The van der Waals surface area contributed by atoms with E-state index in [1.807, 2.05) is 0 Å². The molecule has 1 aromatic carbocycles. The smallest absolute Gasteiger partial charge is 0.453 e. The number of hydrogen-bond donors (Lipinski definition) is 1. The van der Waals surface area contributed by atoms with Gasteiger partial charge in [0.1, 0.15) is 5.75 Å². The van der Waals surface area contributed by atoms with E-state index in [2.05, 4.69) is 0 Å². The molecule has 0 fully saturated rings. The van der Waals surface area contributed by atoms with Crippen molar-refractivity contribution in [3.05, 3.63) is 29.8 Å². The molecule has 0 bridgehead atoms. The number of halogens is 5. The molecule has 16 heavy (non-hydrogen) atoms. The molecule has 1 aromatic rings. The van der Waals surface area contributed by atoms with Crippen LogP contribution in [0.3, 0.4) is 0 Å². The Balaban J connectivity index is 2.61. The van der Waals surface area contributed by atoms with Gasteiger partial charge in [0.25, 0.3) is 0 Å². The summed E-state index contributed by atoms with van der Waals surface area (Å²) >= 11 is 0. The van der Waals surface area contributed by atoms with E-state index in [4.69, 9.17) is 5.11 Å². The van der Waals surface area contributed by atoms with Crippen molar-refractivity contribution in [2.75, 3.05) is 0 Å². The summed E-state index contributed by atoms with van der Waals surface area (Å²) in [4.78, 5) is 0. The van der Waals surface area contributed by atoms with Crippen molar-refractivity contribution in [3.8, 4) is 5.75 Å². The average molecular weight is 240 g/mol. The average Bonchev–Trinajstić information content (AvgIpc) is 2.15. The standard InChI is InChI=1S/C10H9F5O/c11-9(12,10(13,14)15)6-5-7-1-3-8(16)4-2-7/h1-4,16H,5-6H2. The number of rotatable bonds is 3. The minimum absolute atomic E-state index is 0.0636. The molecule has 1 nitrogen and oxygen atoms in total. The Kier molecular flexibility index (Phi) is 3.40. The zero-order chi connectivity index (χ0) is 12.4. The van der Waals surface area contributed by atoms with E-state index in [1.165, 1.54) is 24.3 Å². The molecule has 6 heteroatoms. The maximum atomic E-state index is 12.5.